The number of hydrogen-bond acceptors (Lipinski definition) is 3. The van der Waals surface area contributed by atoms with E-state index in [-0.39, 0.29) is 5.60 Å². The summed E-state index contributed by atoms with van der Waals surface area (Å²) in [6, 6.07) is 0.308. The molecular formula is C14H27N3O. The fourth-order valence-electron chi connectivity index (χ4n) is 1.79. The summed E-state index contributed by atoms with van der Waals surface area (Å²) in [6.07, 6.45) is 5.96. The molecule has 1 rings (SSSR count). The van der Waals surface area contributed by atoms with E-state index < -0.39 is 0 Å². The second-order valence-corrected chi connectivity index (χ2v) is 5.65. The molecule has 0 aliphatic rings. The van der Waals surface area contributed by atoms with Crippen LogP contribution in [0.3, 0.4) is 0 Å². The van der Waals surface area contributed by atoms with E-state index in [0.29, 0.717) is 12.6 Å². The zero-order valence-electron chi connectivity index (χ0n) is 12.4. The van der Waals surface area contributed by atoms with Crippen LogP contribution in [0.2, 0.25) is 0 Å². The van der Waals surface area contributed by atoms with Crippen LogP contribution in [-0.2, 0) is 17.7 Å². The monoisotopic (exact) mass is 253 g/mol. The lowest BCUT2D eigenvalue weighted by Gasteiger charge is -2.24. The molecule has 0 radical (unpaired) electrons. The van der Waals surface area contributed by atoms with Crippen molar-refractivity contribution in [3.63, 3.8) is 0 Å². The van der Waals surface area contributed by atoms with Gasteiger partial charge in [0, 0.05) is 31.4 Å². The molecule has 0 saturated carbocycles. The van der Waals surface area contributed by atoms with Gasteiger partial charge >= 0.3 is 0 Å². The number of ether oxygens (including phenoxy) is 1. The molecule has 1 atom stereocenters. The lowest BCUT2D eigenvalue weighted by molar-refractivity contribution is -0.0137. The number of aryl methyl sites for hydroxylation is 1. The molecule has 0 aliphatic heterocycles. The third-order valence-corrected chi connectivity index (χ3v) is 2.82. The summed E-state index contributed by atoms with van der Waals surface area (Å²) in [5.41, 5.74) is -0.0893. The Morgan fingerprint density at radius 2 is 2.17 bits per heavy atom. The van der Waals surface area contributed by atoms with E-state index in [0.717, 1.165) is 25.2 Å². The van der Waals surface area contributed by atoms with Gasteiger partial charge in [-0.05, 0) is 34.2 Å². The van der Waals surface area contributed by atoms with Crippen LogP contribution in [0.15, 0.2) is 12.4 Å². The van der Waals surface area contributed by atoms with Gasteiger partial charge in [-0.1, -0.05) is 6.92 Å². The minimum absolute atomic E-state index is 0.0893. The Labute approximate surface area is 111 Å². The Hall–Kier alpha value is -0.870. The Kier molecular flexibility index (Phi) is 5.82. The van der Waals surface area contributed by atoms with Crippen molar-refractivity contribution in [1.82, 2.24) is 14.9 Å². The topological polar surface area (TPSA) is 39.1 Å². The fraction of sp³-hybridized carbons (Fsp3) is 0.786. The standard InChI is InChI=1S/C14H27N3O/c1-6-8-17-9-7-16-13(17)10-12(15-5)11-18-14(2,3)4/h7,9,12,15H,6,8,10-11H2,1-5H3. The predicted molar refractivity (Wildman–Crippen MR) is 74.8 cm³/mol. The van der Waals surface area contributed by atoms with Gasteiger partial charge in [0.15, 0.2) is 0 Å². The van der Waals surface area contributed by atoms with Crippen LogP contribution in [0, 0.1) is 0 Å². The first-order valence-electron chi connectivity index (χ1n) is 6.77. The Bertz CT molecular complexity index is 341. The van der Waals surface area contributed by atoms with Crippen LogP contribution >= 0.6 is 0 Å². The Balaban J connectivity index is 2.54. The van der Waals surface area contributed by atoms with Gasteiger partial charge in [-0.3, -0.25) is 0 Å². The van der Waals surface area contributed by atoms with Crippen LogP contribution < -0.4 is 5.32 Å². The van der Waals surface area contributed by atoms with Gasteiger partial charge in [0.25, 0.3) is 0 Å². The van der Waals surface area contributed by atoms with E-state index >= 15 is 0 Å². The van der Waals surface area contributed by atoms with E-state index in [1.54, 1.807) is 0 Å². The second kappa shape index (κ2) is 6.90. The van der Waals surface area contributed by atoms with Gasteiger partial charge in [-0.2, -0.15) is 0 Å². The molecule has 4 heteroatoms. The predicted octanol–water partition coefficient (Wildman–Crippen LogP) is 2.24. The maximum atomic E-state index is 5.83. The number of aromatic nitrogens is 2. The molecule has 4 nitrogen and oxygen atoms in total. The highest BCUT2D eigenvalue weighted by molar-refractivity contribution is 4.95. The molecule has 0 bridgehead atoms. The normalized spacial score (nSPS) is 13.8. The van der Waals surface area contributed by atoms with Crippen LogP contribution in [0.5, 0.6) is 0 Å². The number of rotatable bonds is 7. The Morgan fingerprint density at radius 1 is 1.44 bits per heavy atom. The first-order chi connectivity index (χ1) is 8.46. The van der Waals surface area contributed by atoms with Gasteiger partial charge in [0.2, 0.25) is 0 Å². The van der Waals surface area contributed by atoms with Gasteiger partial charge in [0.05, 0.1) is 12.2 Å². The van der Waals surface area contributed by atoms with Gasteiger partial charge in [0.1, 0.15) is 5.82 Å². The summed E-state index contributed by atoms with van der Waals surface area (Å²) in [5, 5.41) is 3.30. The summed E-state index contributed by atoms with van der Waals surface area (Å²) in [6.45, 7) is 10.2. The van der Waals surface area contributed by atoms with E-state index in [1.165, 1.54) is 0 Å². The van der Waals surface area contributed by atoms with Crippen LogP contribution in [0.25, 0.3) is 0 Å². The van der Waals surface area contributed by atoms with Crippen molar-refractivity contribution in [2.24, 2.45) is 0 Å². The lowest BCUT2D eigenvalue weighted by Crippen LogP contribution is -2.36. The van der Waals surface area contributed by atoms with Crippen molar-refractivity contribution in [2.45, 2.75) is 58.7 Å². The maximum Gasteiger partial charge on any atom is 0.110 e. The van der Waals surface area contributed by atoms with Crippen molar-refractivity contribution < 1.29 is 4.74 Å². The first-order valence-corrected chi connectivity index (χ1v) is 6.77. The van der Waals surface area contributed by atoms with Gasteiger partial charge in [-0.25, -0.2) is 4.98 Å². The summed E-state index contributed by atoms with van der Waals surface area (Å²) in [5.74, 6) is 1.13. The molecule has 1 N–H and O–H groups in total. The molecule has 18 heavy (non-hydrogen) atoms. The SMILES string of the molecule is CCCn1ccnc1CC(COC(C)(C)C)NC. The molecule has 1 aromatic heterocycles. The minimum Gasteiger partial charge on any atom is -0.374 e. The molecule has 1 aromatic rings. The van der Waals surface area contributed by atoms with E-state index in [9.17, 15) is 0 Å². The summed E-state index contributed by atoms with van der Waals surface area (Å²) in [4.78, 5) is 4.43. The number of likely N-dealkylation sites (N-methyl/N-ethyl adjacent to an activating group) is 1. The average Bonchev–Trinajstić information content (AvgIpc) is 2.71. The van der Waals surface area contributed by atoms with E-state index in [1.807, 2.05) is 13.2 Å². The molecule has 104 valence electrons. The molecule has 0 spiro atoms. The van der Waals surface area contributed by atoms with E-state index in [2.05, 4.69) is 48.8 Å². The number of hydrogen-bond donors (Lipinski definition) is 1. The fourth-order valence-corrected chi connectivity index (χ4v) is 1.79. The maximum absolute atomic E-state index is 5.83. The molecular weight excluding hydrogens is 226 g/mol. The average molecular weight is 253 g/mol. The molecule has 0 saturated heterocycles. The largest absolute Gasteiger partial charge is 0.374 e. The van der Waals surface area contributed by atoms with Crippen LogP contribution in [-0.4, -0.2) is 34.8 Å². The van der Waals surface area contributed by atoms with Crippen LogP contribution in [0.4, 0.5) is 0 Å². The van der Waals surface area contributed by atoms with Gasteiger partial charge in [-0.15, -0.1) is 0 Å². The molecule has 1 heterocycles. The molecule has 1 unspecified atom stereocenters. The molecule has 0 amide bonds. The van der Waals surface area contributed by atoms with Crippen molar-refractivity contribution >= 4 is 0 Å². The third-order valence-electron chi connectivity index (χ3n) is 2.82. The number of nitrogens with zero attached hydrogens (tertiary/aromatic N) is 2. The van der Waals surface area contributed by atoms with Gasteiger partial charge < -0.3 is 14.6 Å². The van der Waals surface area contributed by atoms with Crippen molar-refractivity contribution in [2.75, 3.05) is 13.7 Å². The van der Waals surface area contributed by atoms with Crippen molar-refractivity contribution in [1.29, 1.82) is 0 Å². The minimum atomic E-state index is -0.0893. The smallest absolute Gasteiger partial charge is 0.110 e. The summed E-state index contributed by atoms with van der Waals surface area (Å²) in [7, 11) is 1.98. The van der Waals surface area contributed by atoms with E-state index in [4.69, 9.17) is 4.74 Å². The Morgan fingerprint density at radius 3 is 2.72 bits per heavy atom. The molecule has 0 fully saturated rings. The highest BCUT2D eigenvalue weighted by Crippen LogP contribution is 2.09. The summed E-state index contributed by atoms with van der Waals surface area (Å²) >= 11 is 0. The quantitative estimate of drug-likeness (QED) is 0.810. The lowest BCUT2D eigenvalue weighted by atomic mass is 10.1. The highest BCUT2D eigenvalue weighted by Gasteiger charge is 2.16. The number of imidazole rings is 1. The zero-order chi connectivity index (χ0) is 13.6. The van der Waals surface area contributed by atoms with Crippen molar-refractivity contribution in [3.8, 4) is 0 Å². The highest BCUT2D eigenvalue weighted by atomic mass is 16.5. The first kappa shape index (κ1) is 15.2. The molecule has 0 aromatic carbocycles. The zero-order valence-corrected chi connectivity index (χ0v) is 12.4. The van der Waals surface area contributed by atoms with Crippen LogP contribution in [0.1, 0.15) is 39.9 Å². The third kappa shape index (κ3) is 5.19. The number of nitrogens with one attached hydrogen (secondary N) is 1. The summed E-state index contributed by atoms with van der Waals surface area (Å²) < 4.78 is 8.06. The molecule has 0 aliphatic carbocycles. The van der Waals surface area contributed by atoms with Crippen molar-refractivity contribution in [3.05, 3.63) is 18.2 Å². The second-order valence-electron chi connectivity index (χ2n) is 5.65.